The monoisotopic (exact) mass is 300 g/mol. The molecule has 0 aromatic heterocycles. The van der Waals surface area contributed by atoms with Crippen molar-refractivity contribution in [1.82, 2.24) is 0 Å². The number of carbonyl (C=O) groups is 1. The fraction of sp³-hybridized carbons (Fsp3) is 0.500. The van der Waals surface area contributed by atoms with Gasteiger partial charge in [0.15, 0.2) is 0 Å². The van der Waals surface area contributed by atoms with Crippen molar-refractivity contribution in [3.8, 4) is 0 Å². The SMILES string of the molecule is CC(C)(C)OC(=O)Nc1ccc(NCC(O)CCl)cc1. The van der Waals surface area contributed by atoms with E-state index in [0.29, 0.717) is 12.2 Å². The minimum absolute atomic E-state index is 0.186. The molecule has 0 heterocycles. The van der Waals surface area contributed by atoms with Gasteiger partial charge in [0, 0.05) is 17.9 Å². The molecule has 1 unspecified atom stereocenters. The van der Waals surface area contributed by atoms with Crippen LogP contribution in [0.25, 0.3) is 0 Å². The van der Waals surface area contributed by atoms with E-state index in [2.05, 4.69) is 10.6 Å². The average Bonchev–Trinajstić information content (AvgIpc) is 2.35. The summed E-state index contributed by atoms with van der Waals surface area (Å²) in [6.45, 7) is 5.80. The second-order valence-electron chi connectivity index (χ2n) is 5.39. The van der Waals surface area contributed by atoms with Crippen LogP contribution in [0.15, 0.2) is 24.3 Å². The lowest BCUT2D eigenvalue weighted by atomic mass is 10.2. The molecule has 0 saturated carbocycles. The molecule has 0 aliphatic rings. The van der Waals surface area contributed by atoms with E-state index in [1.54, 1.807) is 24.3 Å². The Morgan fingerprint density at radius 1 is 1.30 bits per heavy atom. The van der Waals surface area contributed by atoms with Crippen LogP contribution in [0.1, 0.15) is 20.8 Å². The van der Waals surface area contributed by atoms with Crippen LogP contribution in [0, 0.1) is 0 Å². The number of rotatable bonds is 5. The van der Waals surface area contributed by atoms with Crippen molar-refractivity contribution >= 4 is 29.1 Å². The minimum atomic E-state index is -0.587. The zero-order valence-electron chi connectivity index (χ0n) is 11.9. The Labute approximate surface area is 124 Å². The zero-order valence-corrected chi connectivity index (χ0v) is 12.7. The van der Waals surface area contributed by atoms with E-state index in [-0.39, 0.29) is 5.88 Å². The molecular formula is C14H21ClN2O3. The highest BCUT2D eigenvalue weighted by atomic mass is 35.5. The summed E-state index contributed by atoms with van der Waals surface area (Å²) in [6, 6.07) is 7.10. The summed E-state index contributed by atoms with van der Waals surface area (Å²) >= 11 is 5.50. The molecule has 6 heteroatoms. The lowest BCUT2D eigenvalue weighted by molar-refractivity contribution is 0.0636. The maximum absolute atomic E-state index is 11.6. The molecule has 3 N–H and O–H groups in total. The van der Waals surface area contributed by atoms with E-state index in [4.69, 9.17) is 16.3 Å². The first kappa shape index (κ1) is 16.6. The third kappa shape index (κ3) is 6.63. The van der Waals surface area contributed by atoms with Gasteiger partial charge in [0.2, 0.25) is 0 Å². The van der Waals surface area contributed by atoms with Crippen LogP contribution in [0.2, 0.25) is 0 Å². The van der Waals surface area contributed by atoms with Gasteiger partial charge < -0.3 is 15.2 Å². The number of aliphatic hydroxyl groups excluding tert-OH is 1. The molecule has 0 radical (unpaired) electrons. The van der Waals surface area contributed by atoms with Gasteiger partial charge in [0.25, 0.3) is 0 Å². The predicted octanol–water partition coefficient (Wildman–Crippen LogP) is 3.05. The predicted molar refractivity (Wildman–Crippen MR) is 81.5 cm³/mol. The van der Waals surface area contributed by atoms with Gasteiger partial charge >= 0.3 is 6.09 Å². The molecule has 1 atom stereocenters. The van der Waals surface area contributed by atoms with Gasteiger partial charge in [-0.25, -0.2) is 4.79 Å². The minimum Gasteiger partial charge on any atom is -0.444 e. The highest BCUT2D eigenvalue weighted by Gasteiger charge is 2.16. The molecule has 1 aromatic carbocycles. The van der Waals surface area contributed by atoms with Gasteiger partial charge in [-0.2, -0.15) is 0 Å². The third-order valence-corrected chi connectivity index (χ3v) is 2.61. The van der Waals surface area contributed by atoms with E-state index in [9.17, 15) is 9.90 Å². The Kier molecular flexibility index (Phi) is 6.10. The summed E-state index contributed by atoms with van der Waals surface area (Å²) in [4.78, 5) is 11.6. The summed E-state index contributed by atoms with van der Waals surface area (Å²) < 4.78 is 5.15. The largest absolute Gasteiger partial charge is 0.444 e. The molecule has 5 nitrogen and oxygen atoms in total. The lowest BCUT2D eigenvalue weighted by Crippen LogP contribution is -2.27. The van der Waals surface area contributed by atoms with E-state index in [1.165, 1.54) is 0 Å². The number of amides is 1. The molecule has 20 heavy (non-hydrogen) atoms. The van der Waals surface area contributed by atoms with Crippen LogP contribution in [0.3, 0.4) is 0 Å². The van der Waals surface area contributed by atoms with E-state index in [0.717, 1.165) is 5.69 Å². The maximum atomic E-state index is 11.6. The first-order valence-electron chi connectivity index (χ1n) is 6.38. The number of benzene rings is 1. The van der Waals surface area contributed by atoms with Gasteiger partial charge in [0.05, 0.1) is 12.0 Å². The first-order valence-corrected chi connectivity index (χ1v) is 6.91. The molecule has 0 fully saturated rings. The smallest absolute Gasteiger partial charge is 0.412 e. The van der Waals surface area contributed by atoms with Crippen molar-refractivity contribution in [2.24, 2.45) is 0 Å². The number of nitrogens with one attached hydrogen (secondary N) is 2. The number of carbonyl (C=O) groups excluding carboxylic acids is 1. The van der Waals surface area contributed by atoms with Crippen molar-refractivity contribution in [2.75, 3.05) is 23.1 Å². The van der Waals surface area contributed by atoms with Gasteiger partial charge in [-0.05, 0) is 45.0 Å². The van der Waals surface area contributed by atoms with Crippen molar-refractivity contribution < 1.29 is 14.6 Å². The van der Waals surface area contributed by atoms with Crippen LogP contribution < -0.4 is 10.6 Å². The second-order valence-corrected chi connectivity index (χ2v) is 5.70. The Morgan fingerprint density at radius 3 is 2.35 bits per heavy atom. The molecule has 0 spiro atoms. The third-order valence-electron chi connectivity index (χ3n) is 2.25. The van der Waals surface area contributed by atoms with Crippen molar-refractivity contribution in [3.05, 3.63) is 24.3 Å². The van der Waals surface area contributed by atoms with Crippen LogP contribution in [-0.4, -0.2) is 35.3 Å². The van der Waals surface area contributed by atoms with Crippen LogP contribution >= 0.6 is 11.6 Å². The summed E-state index contributed by atoms with van der Waals surface area (Å²) in [5, 5.41) is 15.0. The fourth-order valence-electron chi connectivity index (χ4n) is 1.38. The van der Waals surface area contributed by atoms with Crippen LogP contribution in [0.5, 0.6) is 0 Å². The Balaban J connectivity index is 2.48. The molecular weight excluding hydrogens is 280 g/mol. The van der Waals surface area contributed by atoms with Gasteiger partial charge in [-0.1, -0.05) is 0 Å². The van der Waals surface area contributed by atoms with Crippen molar-refractivity contribution in [3.63, 3.8) is 0 Å². The number of aliphatic hydroxyl groups is 1. The number of anilines is 2. The molecule has 112 valence electrons. The average molecular weight is 301 g/mol. The quantitative estimate of drug-likeness (QED) is 0.731. The summed E-state index contributed by atoms with van der Waals surface area (Å²) in [5.74, 6) is 0.186. The van der Waals surface area contributed by atoms with Crippen LogP contribution in [0.4, 0.5) is 16.2 Å². The Bertz CT molecular complexity index is 429. The second kappa shape index (κ2) is 7.36. The van der Waals surface area contributed by atoms with Gasteiger partial charge in [0.1, 0.15) is 5.60 Å². The number of halogens is 1. The molecule has 0 aliphatic carbocycles. The molecule has 1 aromatic rings. The van der Waals surface area contributed by atoms with E-state index in [1.807, 2.05) is 20.8 Å². The molecule has 1 amide bonds. The molecule has 1 rings (SSSR count). The summed E-state index contributed by atoms with van der Waals surface area (Å²) in [7, 11) is 0. The van der Waals surface area contributed by atoms with Gasteiger partial charge in [-0.3, -0.25) is 5.32 Å². The van der Waals surface area contributed by atoms with E-state index < -0.39 is 17.8 Å². The highest BCUT2D eigenvalue weighted by molar-refractivity contribution is 6.18. The normalized spacial score (nSPS) is 12.7. The molecule has 0 saturated heterocycles. The number of hydrogen-bond donors (Lipinski definition) is 3. The topological polar surface area (TPSA) is 70.6 Å². The zero-order chi connectivity index (χ0) is 15.2. The summed E-state index contributed by atoms with van der Waals surface area (Å²) in [5.41, 5.74) is 0.954. The standard InChI is InChI=1S/C14H21ClN2O3/c1-14(2,3)20-13(19)17-11-6-4-10(5-7-11)16-9-12(18)8-15/h4-7,12,16,18H,8-9H2,1-3H3,(H,17,19). The Morgan fingerprint density at radius 2 is 1.85 bits per heavy atom. The maximum Gasteiger partial charge on any atom is 0.412 e. The van der Waals surface area contributed by atoms with E-state index >= 15 is 0 Å². The van der Waals surface area contributed by atoms with Crippen molar-refractivity contribution in [1.29, 1.82) is 0 Å². The number of alkyl halides is 1. The summed E-state index contributed by atoms with van der Waals surface area (Å²) in [6.07, 6.45) is -1.08. The fourth-order valence-corrected chi connectivity index (χ4v) is 1.49. The van der Waals surface area contributed by atoms with Crippen LogP contribution in [-0.2, 0) is 4.74 Å². The number of ether oxygens (including phenoxy) is 1. The van der Waals surface area contributed by atoms with Crippen molar-refractivity contribution in [2.45, 2.75) is 32.5 Å². The molecule has 0 bridgehead atoms. The first-order chi connectivity index (χ1) is 9.30. The molecule has 0 aliphatic heterocycles. The lowest BCUT2D eigenvalue weighted by Gasteiger charge is -2.19. The number of hydrogen-bond acceptors (Lipinski definition) is 4. The highest BCUT2D eigenvalue weighted by Crippen LogP contribution is 2.15. The Hall–Kier alpha value is -1.46. The van der Waals surface area contributed by atoms with Gasteiger partial charge in [-0.15, -0.1) is 11.6 Å².